The van der Waals surface area contributed by atoms with Gasteiger partial charge in [0.05, 0.1) is 29.6 Å². The molecule has 0 atom stereocenters. The van der Waals surface area contributed by atoms with E-state index < -0.39 is 17.6 Å². The van der Waals surface area contributed by atoms with Gasteiger partial charge >= 0.3 is 6.18 Å². The number of hydrogen-bond acceptors (Lipinski definition) is 2. The van der Waals surface area contributed by atoms with Crippen molar-refractivity contribution >= 4 is 11.6 Å². The van der Waals surface area contributed by atoms with Gasteiger partial charge in [0.1, 0.15) is 5.75 Å². The highest BCUT2D eigenvalue weighted by Crippen LogP contribution is 2.35. The molecule has 0 aliphatic rings. The molecule has 0 radical (unpaired) electrons. The van der Waals surface area contributed by atoms with Crippen LogP contribution in [0.2, 0.25) is 0 Å². The van der Waals surface area contributed by atoms with Crippen LogP contribution in [0.15, 0.2) is 48.7 Å². The normalized spacial score (nSPS) is 11.4. The molecule has 1 amide bonds. The van der Waals surface area contributed by atoms with Gasteiger partial charge in [-0.1, -0.05) is 23.8 Å². The van der Waals surface area contributed by atoms with Crippen LogP contribution in [0.5, 0.6) is 5.75 Å². The summed E-state index contributed by atoms with van der Waals surface area (Å²) in [6.45, 7) is 5.05. The zero-order chi connectivity index (χ0) is 21.3. The molecule has 0 saturated carbocycles. The van der Waals surface area contributed by atoms with Crippen LogP contribution in [0.1, 0.15) is 32.7 Å². The lowest BCUT2D eigenvalue weighted by atomic mass is 10.1. The van der Waals surface area contributed by atoms with E-state index in [0.29, 0.717) is 22.7 Å². The number of benzene rings is 2. The number of carbonyl (C=O) groups is 1. The number of para-hydroxylation sites is 1. The lowest BCUT2D eigenvalue weighted by Gasteiger charge is -2.16. The van der Waals surface area contributed by atoms with Gasteiger partial charge in [-0.15, -0.1) is 0 Å². The van der Waals surface area contributed by atoms with Crippen LogP contribution < -0.4 is 10.1 Å². The van der Waals surface area contributed by atoms with E-state index in [0.717, 1.165) is 11.6 Å². The highest BCUT2D eigenvalue weighted by molar-refractivity contribution is 6.06. The van der Waals surface area contributed by atoms with E-state index in [4.69, 9.17) is 4.74 Å². The van der Waals surface area contributed by atoms with Gasteiger partial charge in [-0.2, -0.15) is 13.2 Å². The number of rotatable bonds is 4. The molecule has 4 nitrogen and oxygen atoms in total. The molecular weight excluding hydrogens is 381 g/mol. The van der Waals surface area contributed by atoms with E-state index in [9.17, 15) is 18.0 Å². The standard InChI is InChI=1S/C22H21F3N2O2/c1-13-8-9-18(17(12-13)22(23,24)25)27-11-10-16(15(27)3)21(28)26-20-14(2)6-5-7-19(20)29-4/h5-12H,1-4H3,(H,26,28). The van der Waals surface area contributed by atoms with E-state index in [1.807, 2.05) is 19.1 Å². The van der Waals surface area contributed by atoms with Gasteiger partial charge in [-0.3, -0.25) is 4.79 Å². The Morgan fingerprint density at radius 2 is 1.79 bits per heavy atom. The number of halogens is 3. The summed E-state index contributed by atoms with van der Waals surface area (Å²) in [6, 6.07) is 11.0. The molecule has 7 heteroatoms. The molecule has 29 heavy (non-hydrogen) atoms. The second-order valence-electron chi connectivity index (χ2n) is 6.81. The summed E-state index contributed by atoms with van der Waals surface area (Å²) in [6.07, 6.45) is -3.03. The highest BCUT2D eigenvalue weighted by Gasteiger charge is 2.34. The number of nitrogens with one attached hydrogen (secondary N) is 1. The van der Waals surface area contributed by atoms with Crippen molar-refractivity contribution in [3.05, 3.63) is 76.6 Å². The van der Waals surface area contributed by atoms with Crippen molar-refractivity contribution in [2.75, 3.05) is 12.4 Å². The summed E-state index contributed by atoms with van der Waals surface area (Å²) in [5.41, 5.74) is 1.77. The number of aromatic nitrogens is 1. The van der Waals surface area contributed by atoms with Crippen molar-refractivity contribution < 1.29 is 22.7 Å². The molecule has 0 unspecified atom stereocenters. The lowest BCUT2D eigenvalue weighted by Crippen LogP contribution is -2.15. The molecule has 1 aromatic heterocycles. The summed E-state index contributed by atoms with van der Waals surface area (Å²) in [5.74, 6) is 0.0860. The molecular formula is C22H21F3N2O2. The maximum Gasteiger partial charge on any atom is 0.418 e. The van der Waals surface area contributed by atoms with Crippen molar-refractivity contribution in [1.82, 2.24) is 4.57 Å². The first-order valence-electron chi connectivity index (χ1n) is 8.94. The van der Waals surface area contributed by atoms with Gasteiger partial charge in [0, 0.05) is 11.9 Å². The third-order valence-corrected chi connectivity index (χ3v) is 4.80. The number of hydrogen-bond donors (Lipinski definition) is 1. The molecule has 0 spiro atoms. The maximum absolute atomic E-state index is 13.5. The molecule has 3 aromatic rings. The fourth-order valence-corrected chi connectivity index (χ4v) is 3.25. The molecule has 2 aromatic carbocycles. The molecule has 3 rings (SSSR count). The molecule has 0 fully saturated rings. The molecule has 152 valence electrons. The van der Waals surface area contributed by atoms with Crippen LogP contribution in [0.4, 0.5) is 18.9 Å². The largest absolute Gasteiger partial charge is 0.495 e. The number of nitrogens with zero attached hydrogens (tertiary/aromatic N) is 1. The summed E-state index contributed by atoms with van der Waals surface area (Å²) < 4.78 is 47.2. The predicted octanol–water partition coefficient (Wildman–Crippen LogP) is 5.68. The van der Waals surface area contributed by atoms with E-state index in [1.54, 1.807) is 26.0 Å². The predicted molar refractivity (Wildman–Crippen MR) is 106 cm³/mol. The van der Waals surface area contributed by atoms with Crippen LogP contribution in [0.25, 0.3) is 5.69 Å². The van der Waals surface area contributed by atoms with Crippen molar-refractivity contribution in [2.24, 2.45) is 0 Å². The summed E-state index contributed by atoms with van der Waals surface area (Å²) in [7, 11) is 1.50. The Hall–Kier alpha value is -3.22. The Labute approximate surface area is 166 Å². The van der Waals surface area contributed by atoms with E-state index in [2.05, 4.69) is 5.32 Å². The minimum atomic E-state index is -4.50. The molecule has 1 N–H and O–H groups in total. The first-order valence-corrected chi connectivity index (χ1v) is 8.94. The summed E-state index contributed by atoms with van der Waals surface area (Å²) in [5, 5.41) is 2.81. The van der Waals surface area contributed by atoms with Gasteiger partial charge < -0.3 is 14.6 Å². The zero-order valence-electron chi connectivity index (χ0n) is 16.5. The number of alkyl halides is 3. The van der Waals surface area contributed by atoms with E-state index in [1.165, 1.54) is 30.0 Å². The van der Waals surface area contributed by atoms with Crippen molar-refractivity contribution in [2.45, 2.75) is 26.9 Å². The average Bonchev–Trinajstić information content (AvgIpc) is 3.04. The second kappa shape index (κ2) is 7.66. The van der Waals surface area contributed by atoms with Crippen molar-refractivity contribution in [3.63, 3.8) is 0 Å². The van der Waals surface area contributed by atoms with E-state index in [-0.39, 0.29) is 11.3 Å². The number of carbonyl (C=O) groups excluding carboxylic acids is 1. The first-order chi connectivity index (χ1) is 13.6. The monoisotopic (exact) mass is 402 g/mol. The molecule has 0 aliphatic heterocycles. The Bertz CT molecular complexity index is 1070. The van der Waals surface area contributed by atoms with Crippen LogP contribution in [0, 0.1) is 20.8 Å². The Morgan fingerprint density at radius 1 is 1.07 bits per heavy atom. The first kappa shape index (κ1) is 20.5. The average molecular weight is 402 g/mol. The van der Waals surface area contributed by atoms with Gasteiger partial charge in [-0.05, 0) is 50.6 Å². The number of aryl methyl sites for hydroxylation is 2. The summed E-state index contributed by atoms with van der Waals surface area (Å²) in [4.78, 5) is 12.8. The second-order valence-corrected chi connectivity index (χ2v) is 6.81. The fourth-order valence-electron chi connectivity index (χ4n) is 3.25. The topological polar surface area (TPSA) is 43.3 Å². The third kappa shape index (κ3) is 3.99. The van der Waals surface area contributed by atoms with Gasteiger partial charge in [0.2, 0.25) is 0 Å². The van der Waals surface area contributed by atoms with Crippen molar-refractivity contribution in [3.8, 4) is 11.4 Å². The van der Waals surface area contributed by atoms with Crippen LogP contribution >= 0.6 is 0 Å². The Kier molecular flexibility index (Phi) is 5.42. The molecule has 1 heterocycles. The minimum absolute atomic E-state index is 0.0203. The molecule has 0 bridgehead atoms. The zero-order valence-corrected chi connectivity index (χ0v) is 16.5. The highest BCUT2D eigenvalue weighted by atomic mass is 19.4. The fraction of sp³-hybridized carbons (Fsp3) is 0.227. The number of methoxy groups -OCH3 is 1. The van der Waals surface area contributed by atoms with E-state index >= 15 is 0 Å². The van der Waals surface area contributed by atoms with Gasteiger partial charge in [0.25, 0.3) is 5.91 Å². The lowest BCUT2D eigenvalue weighted by molar-refractivity contribution is -0.137. The number of anilines is 1. The maximum atomic E-state index is 13.5. The quantitative estimate of drug-likeness (QED) is 0.610. The van der Waals surface area contributed by atoms with Crippen LogP contribution in [0.3, 0.4) is 0 Å². The SMILES string of the molecule is COc1cccc(C)c1NC(=O)c1ccn(-c2ccc(C)cc2C(F)(F)F)c1C. The van der Waals surface area contributed by atoms with Crippen molar-refractivity contribution in [1.29, 1.82) is 0 Å². The van der Waals surface area contributed by atoms with Gasteiger partial charge in [-0.25, -0.2) is 0 Å². The summed E-state index contributed by atoms with van der Waals surface area (Å²) >= 11 is 0. The number of ether oxygens (including phenoxy) is 1. The Balaban J connectivity index is 2.01. The molecule has 0 saturated heterocycles. The van der Waals surface area contributed by atoms with Crippen LogP contribution in [-0.4, -0.2) is 17.6 Å². The molecule has 0 aliphatic carbocycles. The smallest absolute Gasteiger partial charge is 0.418 e. The number of amides is 1. The minimum Gasteiger partial charge on any atom is -0.495 e. The Morgan fingerprint density at radius 3 is 2.45 bits per heavy atom. The third-order valence-electron chi connectivity index (χ3n) is 4.80. The van der Waals surface area contributed by atoms with Crippen LogP contribution in [-0.2, 0) is 6.18 Å². The van der Waals surface area contributed by atoms with Gasteiger partial charge in [0.15, 0.2) is 0 Å².